The summed E-state index contributed by atoms with van der Waals surface area (Å²) in [5.41, 5.74) is 2.44. The summed E-state index contributed by atoms with van der Waals surface area (Å²) >= 11 is 7.73. The zero-order valence-electron chi connectivity index (χ0n) is 13.4. The van der Waals surface area contributed by atoms with E-state index in [4.69, 9.17) is 11.6 Å². The zero-order valence-corrected chi connectivity index (χ0v) is 15.0. The molecule has 1 aliphatic heterocycles. The van der Waals surface area contributed by atoms with E-state index in [1.807, 2.05) is 42.5 Å². The molecule has 2 atom stereocenters. The van der Waals surface area contributed by atoms with Gasteiger partial charge in [-0.1, -0.05) is 23.7 Å². The van der Waals surface area contributed by atoms with Crippen LogP contribution in [0.4, 0.5) is 0 Å². The van der Waals surface area contributed by atoms with Gasteiger partial charge in [-0.2, -0.15) is 0 Å². The molecule has 2 heterocycles. The van der Waals surface area contributed by atoms with Gasteiger partial charge in [-0.15, -0.1) is 11.3 Å². The molecule has 1 amide bonds. The molecule has 0 saturated heterocycles. The maximum absolute atomic E-state index is 12.4. The van der Waals surface area contributed by atoms with E-state index >= 15 is 0 Å². The molecule has 0 spiro atoms. The molecule has 0 bridgehead atoms. The Bertz CT molecular complexity index is 683. The van der Waals surface area contributed by atoms with E-state index < -0.39 is 0 Å². The summed E-state index contributed by atoms with van der Waals surface area (Å²) < 4.78 is 0. The number of amides is 1. The van der Waals surface area contributed by atoms with Crippen LogP contribution in [-0.2, 0) is 11.2 Å². The van der Waals surface area contributed by atoms with Crippen molar-refractivity contribution in [2.45, 2.75) is 32.4 Å². The maximum atomic E-state index is 12.4. The Morgan fingerprint density at radius 1 is 1.39 bits per heavy atom. The Kier molecular flexibility index (Phi) is 5.05. The monoisotopic (exact) mass is 348 g/mol. The third-order valence-corrected chi connectivity index (χ3v) is 5.75. The molecular formula is C18H21ClN2OS. The number of fused-ring (bicyclic) bond motifs is 1. The summed E-state index contributed by atoms with van der Waals surface area (Å²) in [6.07, 6.45) is 1.04. The van der Waals surface area contributed by atoms with Gasteiger partial charge in [0.15, 0.2) is 0 Å². The highest BCUT2D eigenvalue weighted by Crippen LogP contribution is 2.32. The second-order valence-corrected chi connectivity index (χ2v) is 7.47. The number of nitrogens with one attached hydrogen (secondary N) is 1. The smallest absolute Gasteiger partial charge is 0.234 e. The molecular weight excluding hydrogens is 328 g/mol. The first kappa shape index (κ1) is 16.5. The summed E-state index contributed by atoms with van der Waals surface area (Å²) in [6, 6.07) is 10.1. The minimum atomic E-state index is -0.0171. The third-order valence-electron chi connectivity index (χ3n) is 4.50. The number of hydrogen-bond acceptors (Lipinski definition) is 3. The minimum absolute atomic E-state index is 0.0171. The molecule has 0 radical (unpaired) electrons. The van der Waals surface area contributed by atoms with Crippen molar-refractivity contribution < 1.29 is 4.79 Å². The van der Waals surface area contributed by atoms with Crippen LogP contribution in [0.25, 0.3) is 0 Å². The highest BCUT2D eigenvalue weighted by molar-refractivity contribution is 7.10. The lowest BCUT2D eigenvalue weighted by atomic mass is 10.0. The van der Waals surface area contributed by atoms with E-state index in [1.165, 1.54) is 10.4 Å². The van der Waals surface area contributed by atoms with E-state index in [2.05, 4.69) is 28.6 Å². The topological polar surface area (TPSA) is 32.3 Å². The van der Waals surface area contributed by atoms with E-state index in [1.54, 1.807) is 0 Å². The number of carbonyl (C=O) groups excluding carboxylic acids is 1. The van der Waals surface area contributed by atoms with Crippen LogP contribution in [0, 0.1) is 0 Å². The zero-order chi connectivity index (χ0) is 16.4. The van der Waals surface area contributed by atoms with Crippen molar-refractivity contribution in [3.8, 4) is 0 Å². The molecule has 0 unspecified atom stereocenters. The van der Waals surface area contributed by atoms with Gasteiger partial charge in [0.1, 0.15) is 0 Å². The minimum Gasteiger partial charge on any atom is -0.348 e. The summed E-state index contributed by atoms with van der Waals surface area (Å²) in [7, 11) is 0. The fourth-order valence-electron chi connectivity index (χ4n) is 3.08. The van der Waals surface area contributed by atoms with Crippen LogP contribution in [0.3, 0.4) is 0 Å². The lowest BCUT2D eigenvalue weighted by Crippen LogP contribution is -2.42. The molecule has 122 valence electrons. The van der Waals surface area contributed by atoms with Crippen molar-refractivity contribution in [1.29, 1.82) is 0 Å². The molecule has 23 heavy (non-hydrogen) atoms. The lowest BCUT2D eigenvalue weighted by molar-refractivity contribution is -0.123. The van der Waals surface area contributed by atoms with E-state index in [0.29, 0.717) is 17.6 Å². The molecule has 3 nitrogen and oxygen atoms in total. The predicted octanol–water partition coefficient (Wildman–Crippen LogP) is 4.20. The molecule has 0 saturated carbocycles. The number of nitrogens with zero attached hydrogens (tertiary/aromatic N) is 1. The SMILES string of the molecule is C[C@H](NC(=O)CN1CCc2sccc2[C@@H]1C)c1ccc(Cl)cc1. The first-order valence-electron chi connectivity index (χ1n) is 7.89. The largest absolute Gasteiger partial charge is 0.348 e. The van der Waals surface area contributed by atoms with Crippen LogP contribution >= 0.6 is 22.9 Å². The van der Waals surface area contributed by atoms with Gasteiger partial charge in [-0.25, -0.2) is 0 Å². The second-order valence-electron chi connectivity index (χ2n) is 6.04. The quantitative estimate of drug-likeness (QED) is 0.898. The Balaban J connectivity index is 1.58. The number of benzene rings is 1. The molecule has 1 aliphatic rings. The molecule has 1 aromatic heterocycles. The highest BCUT2D eigenvalue weighted by atomic mass is 35.5. The lowest BCUT2D eigenvalue weighted by Gasteiger charge is -2.33. The van der Waals surface area contributed by atoms with Crippen molar-refractivity contribution >= 4 is 28.8 Å². The van der Waals surface area contributed by atoms with Gasteiger partial charge in [0.25, 0.3) is 0 Å². The highest BCUT2D eigenvalue weighted by Gasteiger charge is 2.26. The van der Waals surface area contributed by atoms with Crippen molar-refractivity contribution in [3.05, 3.63) is 56.7 Å². The van der Waals surface area contributed by atoms with E-state index in [-0.39, 0.29) is 11.9 Å². The van der Waals surface area contributed by atoms with Gasteiger partial charge in [0, 0.05) is 22.5 Å². The van der Waals surface area contributed by atoms with Gasteiger partial charge in [-0.3, -0.25) is 9.69 Å². The van der Waals surface area contributed by atoms with Crippen LogP contribution in [0.2, 0.25) is 5.02 Å². The Hall–Kier alpha value is -1.36. The van der Waals surface area contributed by atoms with E-state index in [0.717, 1.165) is 18.5 Å². The Morgan fingerprint density at radius 2 is 2.13 bits per heavy atom. The third kappa shape index (κ3) is 3.77. The average molecular weight is 349 g/mol. The molecule has 1 N–H and O–H groups in total. The summed E-state index contributed by atoms with van der Waals surface area (Å²) in [4.78, 5) is 16.1. The number of rotatable bonds is 4. The van der Waals surface area contributed by atoms with Crippen LogP contribution in [0.5, 0.6) is 0 Å². The first-order valence-corrected chi connectivity index (χ1v) is 9.15. The number of halogens is 1. The number of hydrogen-bond donors (Lipinski definition) is 1. The van der Waals surface area contributed by atoms with Crippen LogP contribution in [0.15, 0.2) is 35.7 Å². The summed E-state index contributed by atoms with van der Waals surface area (Å²) in [6.45, 7) is 5.56. The van der Waals surface area contributed by atoms with E-state index in [9.17, 15) is 4.79 Å². The fourth-order valence-corrected chi connectivity index (χ4v) is 4.17. The standard InChI is InChI=1S/C18H21ClN2OS/c1-12(14-3-5-15(19)6-4-14)20-18(22)11-21-9-7-17-16(13(21)2)8-10-23-17/h3-6,8,10,12-13H,7,9,11H2,1-2H3,(H,20,22)/t12-,13-/m0/s1. The van der Waals surface area contributed by atoms with Gasteiger partial charge in [0.2, 0.25) is 5.91 Å². The van der Waals surface area contributed by atoms with Gasteiger partial charge in [-0.05, 0) is 55.0 Å². The number of thiophene rings is 1. The van der Waals surface area contributed by atoms with Crippen molar-refractivity contribution in [2.75, 3.05) is 13.1 Å². The normalized spacial score (nSPS) is 19.2. The van der Waals surface area contributed by atoms with Gasteiger partial charge >= 0.3 is 0 Å². The molecule has 1 aromatic carbocycles. The van der Waals surface area contributed by atoms with Gasteiger partial charge < -0.3 is 5.32 Å². The van der Waals surface area contributed by atoms with Crippen molar-refractivity contribution in [3.63, 3.8) is 0 Å². The fraction of sp³-hybridized carbons (Fsp3) is 0.389. The molecule has 0 aliphatic carbocycles. The van der Waals surface area contributed by atoms with Crippen molar-refractivity contribution in [1.82, 2.24) is 10.2 Å². The number of carbonyl (C=O) groups is 1. The second kappa shape index (κ2) is 7.04. The first-order chi connectivity index (χ1) is 11.0. The molecule has 3 rings (SSSR count). The maximum Gasteiger partial charge on any atom is 0.234 e. The Labute approximate surface area is 146 Å². The van der Waals surface area contributed by atoms with Gasteiger partial charge in [0.05, 0.1) is 12.6 Å². The summed E-state index contributed by atoms with van der Waals surface area (Å²) in [5, 5.41) is 5.94. The summed E-state index contributed by atoms with van der Waals surface area (Å²) in [5.74, 6) is 0.0676. The predicted molar refractivity (Wildman–Crippen MR) is 96.0 cm³/mol. The molecule has 0 fully saturated rings. The van der Waals surface area contributed by atoms with Crippen LogP contribution in [0.1, 0.15) is 41.9 Å². The van der Waals surface area contributed by atoms with Crippen molar-refractivity contribution in [2.24, 2.45) is 0 Å². The molecule has 2 aromatic rings. The van der Waals surface area contributed by atoms with Crippen LogP contribution < -0.4 is 5.32 Å². The Morgan fingerprint density at radius 3 is 2.87 bits per heavy atom. The van der Waals surface area contributed by atoms with Crippen LogP contribution in [-0.4, -0.2) is 23.9 Å². The average Bonchev–Trinajstić information content (AvgIpc) is 3.00. The molecule has 5 heteroatoms.